The second kappa shape index (κ2) is 7.53. The molecule has 2 aromatic heterocycles. The van der Waals surface area contributed by atoms with Crippen molar-refractivity contribution < 1.29 is 9.18 Å². The highest BCUT2D eigenvalue weighted by molar-refractivity contribution is 5.96. The summed E-state index contributed by atoms with van der Waals surface area (Å²) in [5.74, 6) is -0.512. The van der Waals surface area contributed by atoms with E-state index in [-0.39, 0.29) is 29.8 Å². The van der Waals surface area contributed by atoms with Gasteiger partial charge in [-0.25, -0.2) is 14.4 Å². The van der Waals surface area contributed by atoms with Gasteiger partial charge in [0.25, 0.3) is 0 Å². The summed E-state index contributed by atoms with van der Waals surface area (Å²) in [6.45, 7) is 0. The van der Waals surface area contributed by atoms with E-state index in [0.29, 0.717) is 17.3 Å². The maximum atomic E-state index is 14.5. The first-order valence-electron chi connectivity index (χ1n) is 7.85. The van der Waals surface area contributed by atoms with Crippen LogP contribution in [-0.4, -0.2) is 25.5 Å². The van der Waals surface area contributed by atoms with E-state index < -0.39 is 5.82 Å². The van der Waals surface area contributed by atoms with Gasteiger partial charge in [0.15, 0.2) is 5.78 Å². The minimum absolute atomic E-state index is 0.0714. The van der Waals surface area contributed by atoms with E-state index in [1.807, 2.05) is 6.07 Å². The van der Waals surface area contributed by atoms with Gasteiger partial charge in [-0.3, -0.25) is 9.48 Å². The molecule has 0 aliphatic carbocycles. The molecule has 0 aliphatic rings. The van der Waals surface area contributed by atoms with E-state index >= 15 is 0 Å². The lowest BCUT2D eigenvalue weighted by Crippen LogP contribution is -2.01. The van der Waals surface area contributed by atoms with Crippen LogP contribution >= 0.6 is 0 Å². The molecular formula is C18H15FN6O. The van der Waals surface area contributed by atoms with Gasteiger partial charge in [0.2, 0.25) is 5.95 Å². The van der Waals surface area contributed by atoms with E-state index in [2.05, 4.69) is 20.4 Å². The van der Waals surface area contributed by atoms with Crippen molar-refractivity contribution in [1.29, 1.82) is 5.26 Å². The van der Waals surface area contributed by atoms with Crippen LogP contribution in [0.2, 0.25) is 0 Å². The lowest BCUT2D eigenvalue weighted by atomic mass is 10.0. The SMILES string of the molecule is Cn1cc(Nc2nccc(-c3ccc(C(=O)CCC#N)cc3F)n2)cn1. The van der Waals surface area contributed by atoms with Gasteiger partial charge in [0.1, 0.15) is 5.82 Å². The second-order valence-corrected chi connectivity index (χ2v) is 5.57. The molecule has 0 bridgehead atoms. The highest BCUT2D eigenvalue weighted by Crippen LogP contribution is 2.24. The number of halogens is 1. The molecule has 0 spiro atoms. The zero-order valence-corrected chi connectivity index (χ0v) is 14.0. The number of aromatic nitrogens is 4. The Hall–Kier alpha value is -3.60. The molecule has 1 N–H and O–H groups in total. The van der Waals surface area contributed by atoms with Gasteiger partial charge < -0.3 is 5.32 Å². The molecule has 0 unspecified atom stereocenters. The number of Topliss-reactive ketones (excluding diaryl/α,β-unsaturated/α-hetero) is 1. The van der Waals surface area contributed by atoms with Crippen molar-refractivity contribution in [3.05, 3.63) is 54.2 Å². The van der Waals surface area contributed by atoms with Crippen LogP contribution in [0.3, 0.4) is 0 Å². The van der Waals surface area contributed by atoms with E-state index in [4.69, 9.17) is 5.26 Å². The largest absolute Gasteiger partial charge is 0.321 e. The predicted octanol–water partition coefficient (Wildman–Crippen LogP) is 3.25. The molecule has 0 radical (unpaired) electrons. The number of ketones is 1. The normalized spacial score (nSPS) is 10.3. The van der Waals surface area contributed by atoms with Gasteiger partial charge in [-0.15, -0.1) is 0 Å². The minimum atomic E-state index is -0.557. The van der Waals surface area contributed by atoms with E-state index in [9.17, 15) is 9.18 Å². The summed E-state index contributed by atoms with van der Waals surface area (Å²) in [4.78, 5) is 20.3. The lowest BCUT2D eigenvalue weighted by molar-refractivity contribution is 0.0983. The number of rotatable bonds is 6. The smallest absolute Gasteiger partial charge is 0.227 e. The van der Waals surface area contributed by atoms with Crippen LogP contribution in [-0.2, 0) is 7.05 Å². The molecule has 3 aromatic rings. The monoisotopic (exact) mass is 350 g/mol. The Morgan fingerprint density at radius 2 is 2.23 bits per heavy atom. The van der Waals surface area contributed by atoms with Crippen molar-refractivity contribution in [2.24, 2.45) is 7.05 Å². The fourth-order valence-corrected chi connectivity index (χ4v) is 2.39. The predicted molar refractivity (Wildman–Crippen MR) is 93.1 cm³/mol. The van der Waals surface area contributed by atoms with Gasteiger partial charge in [-0.05, 0) is 18.2 Å². The van der Waals surface area contributed by atoms with Gasteiger partial charge in [-0.2, -0.15) is 10.4 Å². The fourth-order valence-electron chi connectivity index (χ4n) is 2.39. The number of nitrogens with zero attached hydrogens (tertiary/aromatic N) is 5. The molecule has 0 saturated heterocycles. The van der Waals surface area contributed by atoms with E-state index in [1.165, 1.54) is 24.4 Å². The molecule has 7 nitrogen and oxygen atoms in total. The van der Waals surface area contributed by atoms with Gasteiger partial charge in [0, 0.05) is 43.4 Å². The molecule has 1 aromatic carbocycles. The number of benzene rings is 1. The first kappa shape index (κ1) is 17.2. The molecule has 130 valence electrons. The van der Waals surface area contributed by atoms with Gasteiger partial charge >= 0.3 is 0 Å². The Morgan fingerprint density at radius 3 is 2.92 bits per heavy atom. The summed E-state index contributed by atoms with van der Waals surface area (Å²) in [5, 5.41) is 15.6. The third-order valence-electron chi connectivity index (χ3n) is 3.65. The van der Waals surface area contributed by atoms with Crippen molar-refractivity contribution in [1.82, 2.24) is 19.7 Å². The highest BCUT2D eigenvalue weighted by atomic mass is 19.1. The Balaban J connectivity index is 1.83. The highest BCUT2D eigenvalue weighted by Gasteiger charge is 2.12. The molecule has 0 saturated carbocycles. The van der Waals surface area contributed by atoms with Crippen LogP contribution in [0.1, 0.15) is 23.2 Å². The number of nitriles is 1. The van der Waals surface area contributed by atoms with Crippen LogP contribution < -0.4 is 5.32 Å². The summed E-state index contributed by atoms with van der Waals surface area (Å²) in [6.07, 6.45) is 5.09. The zero-order valence-electron chi connectivity index (χ0n) is 14.0. The molecule has 0 fully saturated rings. The number of aryl methyl sites for hydroxylation is 1. The number of hydrogen-bond acceptors (Lipinski definition) is 6. The summed E-state index contributed by atoms with van der Waals surface area (Å²) in [6, 6.07) is 7.70. The van der Waals surface area contributed by atoms with E-state index in [0.717, 1.165) is 0 Å². The minimum Gasteiger partial charge on any atom is -0.321 e. The van der Waals surface area contributed by atoms with Crippen LogP contribution in [0.15, 0.2) is 42.9 Å². The number of nitrogens with one attached hydrogen (secondary N) is 1. The first-order valence-corrected chi connectivity index (χ1v) is 7.85. The topological polar surface area (TPSA) is 96.5 Å². The molecule has 8 heteroatoms. The molecule has 0 amide bonds. The van der Waals surface area contributed by atoms with Crippen molar-refractivity contribution in [3.8, 4) is 17.3 Å². The average molecular weight is 350 g/mol. The Bertz CT molecular complexity index is 991. The van der Waals surface area contributed by atoms with Crippen LogP contribution in [0.5, 0.6) is 0 Å². The molecule has 26 heavy (non-hydrogen) atoms. The first-order chi connectivity index (χ1) is 12.6. The Labute approximate surface area is 149 Å². The van der Waals surface area contributed by atoms with Crippen LogP contribution in [0.25, 0.3) is 11.3 Å². The average Bonchev–Trinajstić information content (AvgIpc) is 3.04. The Morgan fingerprint density at radius 1 is 1.38 bits per heavy atom. The molecular weight excluding hydrogens is 335 g/mol. The number of anilines is 2. The zero-order chi connectivity index (χ0) is 18.5. The molecule has 2 heterocycles. The third kappa shape index (κ3) is 3.89. The van der Waals surface area contributed by atoms with Gasteiger partial charge in [-0.1, -0.05) is 6.07 Å². The Kier molecular flexibility index (Phi) is 4.99. The second-order valence-electron chi connectivity index (χ2n) is 5.57. The van der Waals surface area contributed by atoms with Crippen LogP contribution in [0.4, 0.5) is 16.0 Å². The third-order valence-corrected chi connectivity index (χ3v) is 3.65. The molecule has 0 atom stereocenters. The van der Waals surface area contributed by atoms with E-state index in [1.54, 1.807) is 30.2 Å². The maximum absolute atomic E-state index is 14.5. The summed E-state index contributed by atoms with van der Waals surface area (Å²) in [7, 11) is 1.79. The van der Waals surface area contributed by atoms with Crippen molar-refractivity contribution in [2.45, 2.75) is 12.8 Å². The van der Waals surface area contributed by atoms with Crippen LogP contribution in [0, 0.1) is 17.1 Å². The maximum Gasteiger partial charge on any atom is 0.227 e. The number of carbonyl (C=O) groups is 1. The standard InChI is InChI=1S/C18H15FN6O/c1-25-11-13(10-22-25)23-18-21-8-6-16(24-18)14-5-4-12(9-15(14)19)17(26)3-2-7-20/h4-6,8-11H,2-3H2,1H3,(H,21,23,24). The number of hydrogen-bond donors (Lipinski definition) is 1. The summed E-state index contributed by atoms with van der Waals surface area (Å²) in [5.41, 5.74) is 1.60. The fraction of sp³-hybridized carbons (Fsp3) is 0.167. The molecule has 0 aliphatic heterocycles. The van der Waals surface area contributed by atoms with Crippen molar-refractivity contribution >= 4 is 17.4 Å². The van der Waals surface area contributed by atoms with Crippen molar-refractivity contribution in [2.75, 3.05) is 5.32 Å². The quantitative estimate of drug-likeness (QED) is 0.686. The lowest BCUT2D eigenvalue weighted by Gasteiger charge is -2.07. The number of carbonyl (C=O) groups excluding carboxylic acids is 1. The molecule has 3 rings (SSSR count). The summed E-state index contributed by atoms with van der Waals surface area (Å²) < 4.78 is 16.1. The van der Waals surface area contributed by atoms with Crippen molar-refractivity contribution in [3.63, 3.8) is 0 Å². The van der Waals surface area contributed by atoms with Gasteiger partial charge in [0.05, 0.1) is 23.6 Å². The summed E-state index contributed by atoms with van der Waals surface area (Å²) >= 11 is 0.